The lowest BCUT2D eigenvalue weighted by Crippen LogP contribution is -2.24. The summed E-state index contributed by atoms with van der Waals surface area (Å²) >= 11 is 0. The van der Waals surface area contributed by atoms with Crippen LogP contribution in [0.5, 0.6) is 5.75 Å². The maximum absolute atomic E-state index is 12.0. The molecule has 2 aliphatic rings. The number of methoxy groups -OCH3 is 1. The number of rotatable bonds is 5. The quantitative estimate of drug-likeness (QED) is 0.653. The van der Waals surface area contributed by atoms with Crippen LogP contribution < -0.4 is 15.0 Å². The number of nitrogens with one attached hydrogen (secondary N) is 1. The van der Waals surface area contributed by atoms with Crippen LogP contribution in [0.25, 0.3) is 0 Å². The molecule has 0 unspecified atom stereocenters. The first-order valence-electron chi connectivity index (χ1n) is 7.44. The molecule has 1 saturated carbocycles. The molecule has 1 saturated heterocycles. The topological polar surface area (TPSA) is 102 Å². The van der Waals surface area contributed by atoms with Crippen molar-refractivity contribution in [2.24, 2.45) is 5.92 Å². The van der Waals surface area contributed by atoms with E-state index < -0.39 is 16.9 Å². The van der Waals surface area contributed by atoms with Crippen molar-refractivity contribution in [2.75, 3.05) is 23.9 Å². The summed E-state index contributed by atoms with van der Waals surface area (Å²) in [4.78, 5) is 35.7. The molecule has 2 amide bonds. The summed E-state index contributed by atoms with van der Waals surface area (Å²) in [5.41, 5.74) is 1.17. The van der Waals surface area contributed by atoms with E-state index in [2.05, 4.69) is 5.32 Å². The molecule has 23 heavy (non-hydrogen) atoms. The van der Waals surface area contributed by atoms with E-state index in [4.69, 9.17) is 4.74 Å². The molecule has 2 atom stereocenters. The minimum Gasteiger partial charge on any atom is -0.494 e. The van der Waals surface area contributed by atoms with E-state index in [1.165, 1.54) is 7.11 Å². The van der Waals surface area contributed by atoms with Crippen molar-refractivity contribution < 1.29 is 19.2 Å². The highest BCUT2D eigenvalue weighted by Crippen LogP contribution is 2.36. The predicted octanol–water partition coefficient (Wildman–Crippen LogP) is 1.43. The van der Waals surface area contributed by atoms with Gasteiger partial charge in [0.2, 0.25) is 17.9 Å². The smallest absolute Gasteiger partial charge is 0.234 e. The highest BCUT2D eigenvalue weighted by molar-refractivity contribution is 5.98. The van der Waals surface area contributed by atoms with Crippen molar-refractivity contribution in [2.45, 2.75) is 25.3 Å². The average Bonchev–Trinajstić information content (AvgIpc) is 3.23. The second-order valence-electron chi connectivity index (χ2n) is 5.72. The van der Waals surface area contributed by atoms with Crippen LogP contribution in [-0.2, 0) is 9.59 Å². The van der Waals surface area contributed by atoms with Gasteiger partial charge in [-0.15, -0.1) is 0 Å². The fourth-order valence-electron chi connectivity index (χ4n) is 2.81. The molecule has 1 aromatic carbocycles. The number of benzene rings is 1. The maximum atomic E-state index is 12.0. The van der Waals surface area contributed by atoms with Gasteiger partial charge in [0, 0.05) is 36.1 Å². The standard InChI is InChI=1S/C15H17N3O5/c1-23-13-7-9(16-15(20)10-8-12(10)18(21)22)4-5-11(13)17-6-2-3-14(17)19/h4-5,7,10,12H,2-3,6,8H2,1H3,(H,16,20)/t10-,12-/m0/s1. The van der Waals surface area contributed by atoms with Gasteiger partial charge in [0.1, 0.15) is 11.7 Å². The summed E-state index contributed by atoms with van der Waals surface area (Å²) in [5.74, 6) is -0.402. The summed E-state index contributed by atoms with van der Waals surface area (Å²) in [5, 5.41) is 13.3. The molecule has 122 valence electrons. The van der Waals surface area contributed by atoms with E-state index in [1.807, 2.05) is 0 Å². The largest absolute Gasteiger partial charge is 0.494 e. The van der Waals surface area contributed by atoms with E-state index in [1.54, 1.807) is 23.1 Å². The molecule has 8 heteroatoms. The lowest BCUT2D eigenvalue weighted by molar-refractivity contribution is -0.497. The molecule has 0 bridgehead atoms. The molecule has 1 aliphatic carbocycles. The van der Waals surface area contributed by atoms with E-state index in [0.717, 1.165) is 6.42 Å². The fourth-order valence-corrected chi connectivity index (χ4v) is 2.81. The minimum absolute atomic E-state index is 0.0480. The third kappa shape index (κ3) is 2.96. The van der Waals surface area contributed by atoms with Crippen LogP contribution in [0.4, 0.5) is 11.4 Å². The molecule has 0 radical (unpaired) electrons. The Morgan fingerprint density at radius 2 is 2.26 bits per heavy atom. The van der Waals surface area contributed by atoms with Crippen LogP contribution in [0, 0.1) is 16.0 Å². The van der Waals surface area contributed by atoms with Crippen LogP contribution in [0.15, 0.2) is 18.2 Å². The van der Waals surface area contributed by atoms with Crippen molar-refractivity contribution in [3.63, 3.8) is 0 Å². The molecular formula is C15H17N3O5. The Morgan fingerprint density at radius 3 is 2.83 bits per heavy atom. The molecule has 1 heterocycles. The van der Waals surface area contributed by atoms with E-state index in [0.29, 0.717) is 30.1 Å². The molecule has 8 nitrogen and oxygen atoms in total. The third-order valence-electron chi connectivity index (χ3n) is 4.18. The Kier molecular flexibility index (Phi) is 3.89. The second-order valence-corrected chi connectivity index (χ2v) is 5.72. The number of nitro groups is 1. The van der Waals surface area contributed by atoms with Gasteiger partial charge in [0.05, 0.1) is 12.8 Å². The first-order chi connectivity index (χ1) is 11.0. The van der Waals surface area contributed by atoms with Crippen molar-refractivity contribution in [1.29, 1.82) is 0 Å². The van der Waals surface area contributed by atoms with Crippen molar-refractivity contribution in [3.05, 3.63) is 28.3 Å². The van der Waals surface area contributed by atoms with Crippen LogP contribution in [0.3, 0.4) is 0 Å². The number of ether oxygens (including phenoxy) is 1. The minimum atomic E-state index is -0.779. The SMILES string of the molecule is COc1cc(NC(=O)[C@H]2C[C@@H]2[N+](=O)[O-])ccc1N1CCCC1=O. The maximum Gasteiger partial charge on any atom is 0.234 e. The summed E-state index contributed by atoms with van der Waals surface area (Å²) in [6, 6.07) is 4.24. The van der Waals surface area contributed by atoms with Gasteiger partial charge >= 0.3 is 0 Å². The van der Waals surface area contributed by atoms with Crippen molar-refractivity contribution >= 4 is 23.2 Å². The molecule has 3 rings (SSSR count). The third-order valence-corrected chi connectivity index (χ3v) is 4.18. The molecular weight excluding hydrogens is 302 g/mol. The van der Waals surface area contributed by atoms with Gasteiger partial charge in [0.15, 0.2) is 0 Å². The molecule has 0 aromatic heterocycles. The Labute approximate surface area is 132 Å². The zero-order chi connectivity index (χ0) is 16.6. The van der Waals surface area contributed by atoms with E-state index in [-0.39, 0.29) is 18.2 Å². The van der Waals surface area contributed by atoms with Crippen LogP contribution in [0.2, 0.25) is 0 Å². The Balaban J connectivity index is 1.73. The first-order valence-corrected chi connectivity index (χ1v) is 7.44. The summed E-state index contributed by atoms with van der Waals surface area (Å²) in [6.45, 7) is 0.646. The van der Waals surface area contributed by atoms with E-state index >= 15 is 0 Å². The van der Waals surface area contributed by atoms with E-state index in [9.17, 15) is 19.7 Å². The first kappa shape index (κ1) is 15.3. The normalized spacial score (nSPS) is 22.8. The summed E-state index contributed by atoms with van der Waals surface area (Å²) in [7, 11) is 1.49. The fraction of sp³-hybridized carbons (Fsp3) is 0.467. The number of hydrogen-bond acceptors (Lipinski definition) is 5. The molecule has 2 fully saturated rings. The van der Waals surface area contributed by atoms with Crippen LogP contribution in [0.1, 0.15) is 19.3 Å². The molecule has 1 aromatic rings. The van der Waals surface area contributed by atoms with Gasteiger partial charge in [-0.2, -0.15) is 0 Å². The lowest BCUT2D eigenvalue weighted by Gasteiger charge is -2.19. The monoisotopic (exact) mass is 319 g/mol. The summed E-state index contributed by atoms with van der Waals surface area (Å²) < 4.78 is 5.31. The number of carbonyl (C=O) groups excluding carboxylic acids is 2. The number of nitrogens with zero attached hydrogens (tertiary/aromatic N) is 2. The molecule has 1 aliphatic heterocycles. The van der Waals surface area contributed by atoms with Crippen molar-refractivity contribution in [3.8, 4) is 5.75 Å². The number of hydrogen-bond donors (Lipinski definition) is 1. The Bertz CT molecular complexity index is 675. The number of anilines is 2. The zero-order valence-corrected chi connectivity index (χ0v) is 12.7. The predicted molar refractivity (Wildman–Crippen MR) is 82.1 cm³/mol. The van der Waals surface area contributed by atoms with Gasteiger partial charge in [-0.25, -0.2) is 0 Å². The average molecular weight is 319 g/mol. The zero-order valence-electron chi connectivity index (χ0n) is 12.7. The van der Waals surface area contributed by atoms with Gasteiger partial charge in [0.25, 0.3) is 0 Å². The Morgan fingerprint density at radius 1 is 1.48 bits per heavy atom. The Hall–Kier alpha value is -2.64. The number of amides is 2. The number of carbonyl (C=O) groups is 2. The summed E-state index contributed by atoms with van der Waals surface area (Å²) in [6.07, 6.45) is 1.60. The van der Waals surface area contributed by atoms with Gasteiger partial charge in [-0.1, -0.05) is 0 Å². The molecule has 1 N–H and O–H groups in total. The van der Waals surface area contributed by atoms with Crippen LogP contribution in [-0.4, -0.2) is 36.4 Å². The van der Waals surface area contributed by atoms with Gasteiger partial charge in [-0.3, -0.25) is 19.7 Å². The van der Waals surface area contributed by atoms with Gasteiger partial charge in [-0.05, 0) is 18.6 Å². The molecule has 0 spiro atoms. The lowest BCUT2D eigenvalue weighted by atomic mass is 10.2. The van der Waals surface area contributed by atoms with Crippen LogP contribution >= 0.6 is 0 Å². The van der Waals surface area contributed by atoms with Crippen molar-refractivity contribution in [1.82, 2.24) is 0 Å². The van der Waals surface area contributed by atoms with Gasteiger partial charge < -0.3 is 15.0 Å². The highest BCUT2D eigenvalue weighted by Gasteiger charge is 2.53. The highest BCUT2D eigenvalue weighted by atomic mass is 16.6. The second kappa shape index (κ2) is 5.86.